The minimum Gasteiger partial charge on any atom is -0.486 e. The summed E-state index contributed by atoms with van der Waals surface area (Å²) in [5, 5.41) is 0. The predicted molar refractivity (Wildman–Crippen MR) is 89.9 cm³/mol. The van der Waals surface area contributed by atoms with E-state index in [0.29, 0.717) is 12.6 Å². The number of piperazine rings is 1. The van der Waals surface area contributed by atoms with Crippen LogP contribution in [0.2, 0.25) is 0 Å². The minimum absolute atomic E-state index is 0.0427. The number of hydrogen-bond acceptors (Lipinski definition) is 6. The van der Waals surface area contributed by atoms with Gasteiger partial charge in [0.05, 0.1) is 0 Å². The Morgan fingerprint density at radius 2 is 1.92 bits per heavy atom. The van der Waals surface area contributed by atoms with E-state index in [1.807, 2.05) is 24.3 Å². The Balaban J connectivity index is 1.32. The summed E-state index contributed by atoms with van der Waals surface area (Å²) in [6.07, 6.45) is 1.59. The Morgan fingerprint density at radius 3 is 2.71 bits per heavy atom. The lowest BCUT2D eigenvalue weighted by atomic mass is 10.2. The molecule has 24 heavy (non-hydrogen) atoms. The Morgan fingerprint density at radius 1 is 1.12 bits per heavy atom. The number of anilines is 1. The highest BCUT2D eigenvalue weighted by Gasteiger charge is 2.25. The van der Waals surface area contributed by atoms with Crippen LogP contribution < -0.4 is 19.9 Å². The maximum Gasteiger partial charge on any atom is 0.252 e. The van der Waals surface area contributed by atoms with E-state index in [0.717, 1.165) is 44.2 Å². The molecule has 1 unspecified atom stereocenters. The van der Waals surface area contributed by atoms with Gasteiger partial charge in [0.1, 0.15) is 12.7 Å². The molecule has 0 bridgehead atoms. The molecule has 0 radical (unpaired) electrons. The highest BCUT2D eigenvalue weighted by molar-refractivity contribution is 5.40. The molecule has 1 aromatic carbocycles. The Bertz CT molecular complexity index is 755. The molecule has 1 fully saturated rings. The first-order valence-corrected chi connectivity index (χ1v) is 8.19. The molecule has 7 heteroatoms. The molecule has 2 aromatic rings. The van der Waals surface area contributed by atoms with E-state index in [9.17, 15) is 4.79 Å². The number of hydrogen-bond donors (Lipinski definition) is 1. The molecule has 1 aromatic heterocycles. The first kappa shape index (κ1) is 15.0. The molecule has 4 rings (SSSR count). The predicted octanol–water partition coefficient (Wildman–Crippen LogP) is 0.732. The Kier molecular flexibility index (Phi) is 4.08. The summed E-state index contributed by atoms with van der Waals surface area (Å²) in [6, 6.07) is 9.20. The molecule has 1 saturated heterocycles. The van der Waals surface area contributed by atoms with Crippen LogP contribution in [-0.2, 0) is 0 Å². The number of fused-ring (bicyclic) bond motifs is 1. The number of nitrogens with one attached hydrogen (secondary N) is 1. The largest absolute Gasteiger partial charge is 0.486 e. The summed E-state index contributed by atoms with van der Waals surface area (Å²) in [5.74, 6) is 2.28. The normalized spacial score (nSPS) is 20.8. The zero-order chi connectivity index (χ0) is 16.4. The average molecular weight is 328 g/mol. The molecular weight excluding hydrogens is 308 g/mol. The van der Waals surface area contributed by atoms with Gasteiger partial charge in [0.2, 0.25) is 5.95 Å². The van der Waals surface area contributed by atoms with Crippen molar-refractivity contribution >= 4 is 5.95 Å². The molecular formula is C17H20N4O3. The van der Waals surface area contributed by atoms with E-state index in [1.54, 1.807) is 6.20 Å². The monoisotopic (exact) mass is 328 g/mol. The number of H-pyrrole nitrogens is 1. The second-order valence-corrected chi connectivity index (χ2v) is 6.04. The van der Waals surface area contributed by atoms with Gasteiger partial charge in [-0.25, -0.2) is 4.98 Å². The number of aromatic amines is 1. The van der Waals surface area contributed by atoms with Crippen molar-refractivity contribution in [3.8, 4) is 11.5 Å². The van der Waals surface area contributed by atoms with E-state index < -0.39 is 0 Å². The van der Waals surface area contributed by atoms with Crippen molar-refractivity contribution in [2.24, 2.45) is 0 Å². The third-order valence-corrected chi connectivity index (χ3v) is 4.36. The van der Waals surface area contributed by atoms with Crippen molar-refractivity contribution in [1.29, 1.82) is 0 Å². The van der Waals surface area contributed by atoms with Crippen LogP contribution in [0.1, 0.15) is 0 Å². The number of aromatic nitrogens is 2. The van der Waals surface area contributed by atoms with E-state index in [1.165, 1.54) is 6.07 Å². The van der Waals surface area contributed by atoms with E-state index in [2.05, 4.69) is 19.8 Å². The summed E-state index contributed by atoms with van der Waals surface area (Å²) < 4.78 is 11.8. The maximum absolute atomic E-state index is 11.4. The first-order chi connectivity index (χ1) is 11.8. The number of para-hydroxylation sites is 2. The van der Waals surface area contributed by atoms with Crippen molar-refractivity contribution < 1.29 is 9.47 Å². The van der Waals surface area contributed by atoms with Crippen LogP contribution in [0, 0.1) is 0 Å². The van der Waals surface area contributed by atoms with Gasteiger partial charge in [0.15, 0.2) is 11.5 Å². The number of rotatable bonds is 3. The maximum atomic E-state index is 11.4. The highest BCUT2D eigenvalue weighted by atomic mass is 16.6. The molecule has 0 saturated carbocycles. The van der Waals surface area contributed by atoms with Gasteiger partial charge < -0.3 is 14.4 Å². The van der Waals surface area contributed by atoms with Crippen molar-refractivity contribution in [3.05, 3.63) is 46.9 Å². The van der Waals surface area contributed by atoms with Crippen molar-refractivity contribution in [2.45, 2.75) is 6.10 Å². The van der Waals surface area contributed by atoms with Gasteiger partial charge in [-0.15, -0.1) is 0 Å². The van der Waals surface area contributed by atoms with Gasteiger partial charge in [0.25, 0.3) is 5.56 Å². The van der Waals surface area contributed by atoms with Crippen LogP contribution in [0.15, 0.2) is 41.3 Å². The molecule has 1 N–H and O–H groups in total. The molecule has 7 nitrogen and oxygen atoms in total. The summed E-state index contributed by atoms with van der Waals surface area (Å²) in [6.45, 7) is 4.88. The summed E-state index contributed by atoms with van der Waals surface area (Å²) >= 11 is 0. The van der Waals surface area contributed by atoms with Gasteiger partial charge in [-0.2, -0.15) is 0 Å². The van der Waals surface area contributed by atoms with Crippen LogP contribution in [0.5, 0.6) is 11.5 Å². The lowest BCUT2D eigenvalue weighted by Crippen LogP contribution is -2.51. The fourth-order valence-electron chi connectivity index (χ4n) is 3.10. The topological polar surface area (TPSA) is 70.7 Å². The van der Waals surface area contributed by atoms with Crippen LogP contribution >= 0.6 is 0 Å². The fourth-order valence-corrected chi connectivity index (χ4v) is 3.10. The highest BCUT2D eigenvalue weighted by Crippen LogP contribution is 2.31. The fraction of sp³-hybridized carbons (Fsp3) is 0.412. The van der Waals surface area contributed by atoms with E-state index >= 15 is 0 Å². The van der Waals surface area contributed by atoms with Gasteiger partial charge >= 0.3 is 0 Å². The molecule has 0 spiro atoms. The van der Waals surface area contributed by atoms with Crippen LogP contribution in [0.3, 0.4) is 0 Å². The molecule has 0 aliphatic carbocycles. The summed E-state index contributed by atoms with van der Waals surface area (Å²) in [7, 11) is 0. The molecule has 2 aliphatic rings. The Hall–Kier alpha value is -2.54. The third-order valence-electron chi connectivity index (χ3n) is 4.36. The standard InChI is InChI=1S/C17H20N4O3/c22-16-5-6-18-17(19-16)21-9-7-20(8-10-21)11-13-12-23-14-3-1-2-4-15(14)24-13/h1-6,13H,7-12H2,(H,18,19,22). The van der Waals surface area contributed by atoms with Crippen LogP contribution in [0.25, 0.3) is 0 Å². The van der Waals surface area contributed by atoms with E-state index in [-0.39, 0.29) is 11.7 Å². The molecule has 2 aliphatic heterocycles. The molecule has 126 valence electrons. The quantitative estimate of drug-likeness (QED) is 0.896. The van der Waals surface area contributed by atoms with Crippen LogP contribution in [-0.4, -0.2) is 60.3 Å². The Labute approximate surface area is 139 Å². The zero-order valence-corrected chi connectivity index (χ0v) is 13.4. The van der Waals surface area contributed by atoms with Gasteiger partial charge in [-0.1, -0.05) is 12.1 Å². The van der Waals surface area contributed by atoms with Gasteiger partial charge in [0, 0.05) is 45.0 Å². The summed E-state index contributed by atoms with van der Waals surface area (Å²) in [4.78, 5) is 22.9. The zero-order valence-electron chi connectivity index (χ0n) is 13.4. The van der Waals surface area contributed by atoms with Crippen molar-refractivity contribution in [1.82, 2.24) is 14.9 Å². The number of nitrogens with zero attached hydrogens (tertiary/aromatic N) is 3. The van der Waals surface area contributed by atoms with Gasteiger partial charge in [-0.3, -0.25) is 14.7 Å². The SMILES string of the molecule is O=c1ccnc(N2CCN(CC3COc4ccccc4O3)CC2)[nH]1. The molecule has 0 amide bonds. The lowest BCUT2D eigenvalue weighted by molar-refractivity contribution is 0.0570. The number of benzene rings is 1. The third kappa shape index (κ3) is 3.21. The van der Waals surface area contributed by atoms with Gasteiger partial charge in [-0.05, 0) is 12.1 Å². The smallest absolute Gasteiger partial charge is 0.252 e. The lowest BCUT2D eigenvalue weighted by Gasteiger charge is -2.37. The molecule has 1 atom stereocenters. The second kappa shape index (κ2) is 6.52. The van der Waals surface area contributed by atoms with Crippen molar-refractivity contribution in [3.63, 3.8) is 0 Å². The average Bonchev–Trinajstić information content (AvgIpc) is 2.62. The second-order valence-electron chi connectivity index (χ2n) is 6.04. The summed E-state index contributed by atoms with van der Waals surface area (Å²) in [5.41, 5.74) is -0.117. The molecule has 3 heterocycles. The first-order valence-electron chi connectivity index (χ1n) is 8.19. The van der Waals surface area contributed by atoms with Crippen LogP contribution in [0.4, 0.5) is 5.95 Å². The van der Waals surface area contributed by atoms with Crippen molar-refractivity contribution in [2.75, 3.05) is 44.2 Å². The minimum atomic E-state index is -0.117. The number of ether oxygens (including phenoxy) is 2. The van der Waals surface area contributed by atoms with E-state index in [4.69, 9.17) is 9.47 Å².